The zero-order valence-electron chi connectivity index (χ0n) is 14.3. The van der Waals surface area contributed by atoms with Crippen LogP contribution in [0.5, 0.6) is 0 Å². The highest BCUT2D eigenvalue weighted by Gasteiger charge is 2.62. The van der Waals surface area contributed by atoms with Crippen LogP contribution in [0.25, 0.3) is 0 Å². The molecule has 1 aromatic rings. The van der Waals surface area contributed by atoms with Crippen LogP contribution >= 0.6 is 23.2 Å². The molecule has 4 aliphatic rings. The number of halogens is 2. The lowest BCUT2D eigenvalue weighted by Gasteiger charge is -2.23. The van der Waals surface area contributed by atoms with Crippen LogP contribution in [-0.2, 0) is 9.59 Å². The number of imide groups is 1. The van der Waals surface area contributed by atoms with E-state index in [-0.39, 0.29) is 35.5 Å². The van der Waals surface area contributed by atoms with Gasteiger partial charge in [-0.15, -0.1) is 0 Å². The van der Waals surface area contributed by atoms with E-state index in [9.17, 15) is 9.59 Å². The van der Waals surface area contributed by atoms with Gasteiger partial charge in [0.2, 0.25) is 11.8 Å². The summed E-state index contributed by atoms with van der Waals surface area (Å²) in [6.07, 6.45) is 10.3. The summed E-state index contributed by atoms with van der Waals surface area (Å²) in [5.41, 5.74) is 3.41. The molecule has 2 saturated carbocycles. The van der Waals surface area contributed by atoms with Gasteiger partial charge in [0, 0.05) is 11.8 Å². The van der Waals surface area contributed by atoms with Gasteiger partial charge in [-0.05, 0) is 43.9 Å². The Labute approximate surface area is 162 Å². The third kappa shape index (κ3) is 2.20. The number of hydrogen-bond acceptors (Lipinski definition) is 2. The van der Waals surface area contributed by atoms with Crippen molar-refractivity contribution < 1.29 is 9.59 Å². The predicted molar refractivity (Wildman–Crippen MR) is 102 cm³/mol. The minimum Gasteiger partial charge on any atom is -0.274 e. The second kappa shape index (κ2) is 5.97. The predicted octanol–water partition coefficient (Wildman–Crippen LogP) is 5.18. The number of carbonyl (C=O) groups excluding carboxylic acids is 2. The maximum atomic E-state index is 13.2. The smallest absolute Gasteiger partial charge is 0.238 e. The summed E-state index contributed by atoms with van der Waals surface area (Å²) in [5, 5.41) is 0.772. The SMILES string of the molecule is O=C1[C@@H]2[C@H](C(=O)N1c1ccc(Cl)c(Cl)c1)[C@@H]1C=C[C@@H]2C1=C1CCCCC1. The highest BCUT2D eigenvalue weighted by Crippen LogP contribution is 2.58. The first-order valence-electron chi connectivity index (χ1n) is 9.31. The minimum absolute atomic E-state index is 0.0934. The summed E-state index contributed by atoms with van der Waals surface area (Å²) in [6, 6.07) is 4.94. The lowest BCUT2D eigenvalue weighted by Crippen LogP contribution is -2.33. The molecule has 0 aromatic heterocycles. The van der Waals surface area contributed by atoms with E-state index in [1.54, 1.807) is 18.2 Å². The molecule has 0 unspecified atom stereocenters. The van der Waals surface area contributed by atoms with Gasteiger partial charge in [-0.1, -0.05) is 52.9 Å². The third-order valence-electron chi connectivity index (χ3n) is 6.44. The van der Waals surface area contributed by atoms with E-state index in [1.807, 2.05) is 0 Å². The lowest BCUT2D eigenvalue weighted by molar-refractivity contribution is -0.122. The van der Waals surface area contributed by atoms with Crippen LogP contribution in [0.1, 0.15) is 32.1 Å². The standard InChI is InChI=1S/C21H19Cl2NO2/c22-15-9-6-12(10-16(15)23)24-20(25)18-13-7-8-14(19(18)21(24)26)17(13)11-4-2-1-3-5-11/h6-10,13-14,18-19H,1-5H2/t13-,14-,18-,19+/m1/s1. The molecule has 1 aromatic carbocycles. The Hall–Kier alpha value is -1.58. The molecule has 0 spiro atoms. The van der Waals surface area contributed by atoms with Crippen LogP contribution < -0.4 is 4.90 Å². The molecular weight excluding hydrogens is 369 g/mol. The van der Waals surface area contributed by atoms with Gasteiger partial charge >= 0.3 is 0 Å². The van der Waals surface area contributed by atoms with Crippen molar-refractivity contribution in [3.63, 3.8) is 0 Å². The van der Waals surface area contributed by atoms with Crippen molar-refractivity contribution in [3.05, 3.63) is 51.5 Å². The maximum absolute atomic E-state index is 13.2. The topological polar surface area (TPSA) is 37.4 Å². The lowest BCUT2D eigenvalue weighted by atomic mass is 9.85. The number of allylic oxidation sites excluding steroid dienone is 4. The molecule has 0 radical (unpaired) electrons. The van der Waals surface area contributed by atoms with Crippen LogP contribution in [-0.4, -0.2) is 11.8 Å². The van der Waals surface area contributed by atoms with E-state index in [4.69, 9.17) is 23.2 Å². The Balaban J connectivity index is 1.53. The summed E-state index contributed by atoms with van der Waals surface area (Å²) in [6.45, 7) is 0. The molecule has 0 N–H and O–H groups in total. The third-order valence-corrected chi connectivity index (χ3v) is 7.18. The molecule has 3 fully saturated rings. The summed E-state index contributed by atoms with van der Waals surface area (Å²) >= 11 is 12.1. The molecule has 3 nitrogen and oxygen atoms in total. The fraction of sp³-hybridized carbons (Fsp3) is 0.429. The Morgan fingerprint density at radius 2 is 1.46 bits per heavy atom. The average molecular weight is 388 g/mol. The fourth-order valence-corrected chi connectivity index (χ4v) is 5.67. The Kier molecular flexibility index (Phi) is 3.81. The highest BCUT2D eigenvalue weighted by atomic mass is 35.5. The number of fused-ring (bicyclic) bond motifs is 5. The number of benzene rings is 1. The zero-order valence-corrected chi connectivity index (χ0v) is 15.8. The van der Waals surface area contributed by atoms with Crippen molar-refractivity contribution >= 4 is 40.7 Å². The first-order chi connectivity index (χ1) is 12.6. The number of carbonyl (C=O) groups is 2. The molecule has 1 heterocycles. The molecule has 4 atom stereocenters. The van der Waals surface area contributed by atoms with Crippen molar-refractivity contribution in [1.82, 2.24) is 0 Å². The van der Waals surface area contributed by atoms with Gasteiger partial charge in [0.25, 0.3) is 0 Å². The maximum Gasteiger partial charge on any atom is 0.238 e. The summed E-state index contributed by atoms with van der Waals surface area (Å²) in [5.74, 6) is -0.495. The molecule has 5 heteroatoms. The molecule has 3 aliphatic carbocycles. The average Bonchev–Trinajstić information content (AvgIpc) is 3.28. The Morgan fingerprint density at radius 3 is 2.04 bits per heavy atom. The fourth-order valence-electron chi connectivity index (χ4n) is 5.38. The van der Waals surface area contributed by atoms with Gasteiger partial charge in [0.05, 0.1) is 27.6 Å². The van der Waals surface area contributed by atoms with E-state index < -0.39 is 0 Å². The minimum atomic E-state index is -0.253. The van der Waals surface area contributed by atoms with Crippen molar-refractivity contribution in [2.75, 3.05) is 4.90 Å². The number of hydrogen-bond donors (Lipinski definition) is 0. The second-order valence-corrected chi connectivity index (χ2v) is 8.53. The van der Waals surface area contributed by atoms with Crippen LogP contribution in [0.4, 0.5) is 5.69 Å². The number of amides is 2. The van der Waals surface area contributed by atoms with E-state index >= 15 is 0 Å². The van der Waals surface area contributed by atoms with Crippen molar-refractivity contribution in [2.24, 2.45) is 23.7 Å². The highest BCUT2D eigenvalue weighted by molar-refractivity contribution is 6.42. The molecule has 134 valence electrons. The monoisotopic (exact) mass is 387 g/mol. The quantitative estimate of drug-likeness (QED) is 0.491. The number of anilines is 1. The summed E-state index contributed by atoms with van der Waals surface area (Å²) in [4.78, 5) is 27.7. The van der Waals surface area contributed by atoms with Gasteiger partial charge in [-0.25, -0.2) is 4.90 Å². The van der Waals surface area contributed by atoms with Crippen molar-refractivity contribution in [2.45, 2.75) is 32.1 Å². The first-order valence-corrected chi connectivity index (χ1v) is 10.1. The molecule has 2 amide bonds. The van der Waals surface area contributed by atoms with Gasteiger partial charge in [0.15, 0.2) is 0 Å². The van der Waals surface area contributed by atoms with E-state index in [1.165, 1.54) is 35.3 Å². The number of nitrogens with zero attached hydrogens (tertiary/aromatic N) is 1. The van der Waals surface area contributed by atoms with Crippen molar-refractivity contribution in [3.8, 4) is 0 Å². The van der Waals surface area contributed by atoms with Crippen molar-refractivity contribution in [1.29, 1.82) is 0 Å². The van der Waals surface area contributed by atoms with Gasteiger partial charge in [0.1, 0.15) is 0 Å². The van der Waals surface area contributed by atoms with E-state index in [0.717, 1.165) is 12.8 Å². The zero-order chi connectivity index (χ0) is 18.0. The largest absolute Gasteiger partial charge is 0.274 e. The molecule has 1 saturated heterocycles. The van der Waals surface area contributed by atoms with Gasteiger partial charge in [-0.3, -0.25) is 9.59 Å². The van der Waals surface area contributed by atoms with Crippen LogP contribution in [0.2, 0.25) is 10.0 Å². The van der Waals surface area contributed by atoms with Gasteiger partial charge in [-0.2, -0.15) is 0 Å². The summed E-state index contributed by atoms with van der Waals surface area (Å²) < 4.78 is 0. The van der Waals surface area contributed by atoms with Crippen LogP contribution in [0, 0.1) is 23.7 Å². The normalized spacial score (nSPS) is 32.8. The Morgan fingerprint density at radius 1 is 0.846 bits per heavy atom. The Bertz CT molecular complexity index is 846. The molecule has 2 bridgehead atoms. The van der Waals surface area contributed by atoms with Gasteiger partial charge < -0.3 is 0 Å². The molecule has 26 heavy (non-hydrogen) atoms. The van der Waals surface area contributed by atoms with Crippen LogP contribution in [0.3, 0.4) is 0 Å². The number of rotatable bonds is 1. The molecule has 1 aliphatic heterocycles. The van der Waals surface area contributed by atoms with E-state index in [0.29, 0.717) is 15.7 Å². The molecular formula is C21H19Cl2NO2. The van der Waals surface area contributed by atoms with E-state index in [2.05, 4.69) is 12.2 Å². The second-order valence-electron chi connectivity index (χ2n) is 7.72. The first kappa shape index (κ1) is 16.6. The summed E-state index contributed by atoms with van der Waals surface area (Å²) in [7, 11) is 0. The molecule has 5 rings (SSSR count). The van der Waals surface area contributed by atoms with Crippen LogP contribution in [0.15, 0.2) is 41.5 Å².